The molecule has 2 heterocycles. The van der Waals surface area contributed by atoms with E-state index in [0.717, 1.165) is 27.3 Å². The van der Waals surface area contributed by atoms with Crippen LogP contribution in [0.1, 0.15) is 53.3 Å². The third kappa shape index (κ3) is 4.85. The topological polar surface area (TPSA) is 84.4 Å². The monoisotopic (exact) mass is 440 g/mol. The lowest BCUT2D eigenvalue weighted by atomic mass is 10.0. The number of esters is 1. The van der Waals surface area contributed by atoms with Gasteiger partial charge in [0.15, 0.2) is 0 Å². The molecule has 0 aliphatic carbocycles. The third-order valence-electron chi connectivity index (χ3n) is 5.05. The standard InChI is InChI=1S/C23H28N4O3S/c1-7-30-18(28)12-24-22(29)20-14(4)19-21(25-15(5)26-23(19)31-20)27(6)17-10-8-16(9-11-17)13(2)3/h8-11,13H,7,12H2,1-6H3,(H,24,29). The number of rotatable bonds is 7. The minimum atomic E-state index is -0.462. The number of carbonyl (C=O) groups is 2. The van der Waals surface area contributed by atoms with Crippen molar-refractivity contribution in [1.29, 1.82) is 0 Å². The van der Waals surface area contributed by atoms with Gasteiger partial charge < -0.3 is 15.0 Å². The van der Waals surface area contributed by atoms with Crippen molar-refractivity contribution in [2.75, 3.05) is 25.1 Å². The van der Waals surface area contributed by atoms with Gasteiger partial charge in [-0.05, 0) is 49.9 Å². The highest BCUT2D eigenvalue weighted by molar-refractivity contribution is 7.20. The fourth-order valence-corrected chi connectivity index (χ4v) is 4.47. The largest absolute Gasteiger partial charge is 0.465 e. The van der Waals surface area contributed by atoms with Crippen molar-refractivity contribution in [3.63, 3.8) is 0 Å². The van der Waals surface area contributed by atoms with Crippen LogP contribution in [0.4, 0.5) is 11.5 Å². The Labute approximate surface area is 186 Å². The number of benzene rings is 1. The molecule has 0 radical (unpaired) electrons. The van der Waals surface area contributed by atoms with Crippen molar-refractivity contribution < 1.29 is 14.3 Å². The molecule has 0 bridgehead atoms. The van der Waals surface area contributed by atoms with E-state index >= 15 is 0 Å². The average molecular weight is 441 g/mol. The predicted molar refractivity (Wildman–Crippen MR) is 124 cm³/mol. The van der Waals surface area contributed by atoms with Gasteiger partial charge in [0.05, 0.1) is 16.9 Å². The molecule has 164 valence electrons. The summed E-state index contributed by atoms with van der Waals surface area (Å²) in [6, 6.07) is 8.40. The molecule has 3 aromatic rings. The Morgan fingerprint density at radius 3 is 2.45 bits per heavy atom. The van der Waals surface area contributed by atoms with E-state index in [2.05, 4.69) is 53.4 Å². The number of hydrogen-bond donors (Lipinski definition) is 1. The number of fused-ring (bicyclic) bond motifs is 1. The second-order valence-corrected chi connectivity index (χ2v) is 8.62. The van der Waals surface area contributed by atoms with E-state index in [1.807, 2.05) is 25.8 Å². The van der Waals surface area contributed by atoms with Crippen molar-refractivity contribution in [2.24, 2.45) is 0 Å². The smallest absolute Gasteiger partial charge is 0.325 e. The first-order chi connectivity index (χ1) is 14.7. The van der Waals surface area contributed by atoms with Crippen LogP contribution in [0.2, 0.25) is 0 Å². The number of aryl methyl sites for hydroxylation is 2. The van der Waals surface area contributed by atoms with Crippen LogP contribution in [0.15, 0.2) is 24.3 Å². The Morgan fingerprint density at radius 1 is 1.16 bits per heavy atom. The van der Waals surface area contributed by atoms with Crippen molar-refractivity contribution >= 4 is 44.9 Å². The summed E-state index contributed by atoms with van der Waals surface area (Å²) in [5.41, 5.74) is 3.07. The molecule has 0 fully saturated rings. The van der Waals surface area contributed by atoms with Gasteiger partial charge >= 0.3 is 5.97 Å². The minimum Gasteiger partial charge on any atom is -0.465 e. The van der Waals surface area contributed by atoms with Gasteiger partial charge in [-0.15, -0.1) is 11.3 Å². The van der Waals surface area contributed by atoms with Crippen molar-refractivity contribution in [3.05, 3.63) is 46.1 Å². The number of nitrogens with one attached hydrogen (secondary N) is 1. The van der Waals surface area contributed by atoms with Crippen LogP contribution >= 0.6 is 11.3 Å². The second-order valence-electron chi connectivity index (χ2n) is 7.62. The maximum atomic E-state index is 12.7. The van der Waals surface area contributed by atoms with Gasteiger partial charge in [0, 0.05) is 12.7 Å². The number of anilines is 2. The summed E-state index contributed by atoms with van der Waals surface area (Å²) in [5, 5.41) is 3.47. The maximum Gasteiger partial charge on any atom is 0.325 e. The maximum absolute atomic E-state index is 12.7. The van der Waals surface area contributed by atoms with Gasteiger partial charge in [-0.3, -0.25) is 9.59 Å². The van der Waals surface area contributed by atoms with Gasteiger partial charge in [-0.1, -0.05) is 26.0 Å². The summed E-state index contributed by atoms with van der Waals surface area (Å²) in [6.07, 6.45) is 0. The zero-order chi connectivity index (χ0) is 22.7. The average Bonchev–Trinajstić information content (AvgIpc) is 3.07. The van der Waals surface area contributed by atoms with Crippen LogP contribution in [0, 0.1) is 13.8 Å². The number of hydrogen-bond acceptors (Lipinski definition) is 7. The first-order valence-corrected chi connectivity index (χ1v) is 11.1. The van der Waals surface area contributed by atoms with Crippen molar-refractivity contribution in [1.82, 2.24) is 15.3 Å². The molecule has 1 amide bonds. The van der Waals surface area contributed by atoms with Gasteiger partial charge in [-0.2, -0.15) is 0 Å². The highest BCUT2D eigenvalue weighted by atomic mass is 32.1. The molecule has 0 aliphatic heterocycles. The molecule has 1 aromatic carbocycles. The third-order valence-corrected chi connectivity index (χ3v) is 6.24. The highest BCUT2D eigenvalue weighted by Gasteiger charge is 2.22. The van der Waals surface area contributed by atoms with E-state index in [4.69, 9.17) is 4.74 Å². The van der Waals surface area contributed by atoms with Crippen LogP contribution in [-0.4, -0.2) is 42.0 Å². The number of amides is 1. The Bertz CT molecular complexity index is 1110. The molecule has 0 unspecified atom stereocenters. The summed E-state index contributed by atoms with van der Waals surface area (Å²) in [4.78, 5) is 36.8. The lowest BCUT2D eigenvalue weighted by Crippen LogP contribution is -2.30. The molecule has 0 atom stereocenters. The first kappa shape index (κ1) is 22.7. The van der Waals surface area contributed by atoms with E-state index < -0.39 is 5.97 Å². The van der Waals surface area contributed by atoms with Crippen molar-refractivity contribution in [2.45, 2.75) is 40.5 Å². The SMILES string of the molecule is CCOC(=O)CNC(=O)c1sc2nc(C)nc(N(C)c3ccc(C(C)C)cc3)c2c1C. The lowest BCUT2D eigenvalue weighted by Gasteiger charge is -2.20. The molecule has 0 saturated carbocycles. The summed E-state index contributed by atoms with van der Waals surface area (Å²) < 4.78 is 4.88. The Morgan fingerprint density at radius 2 is 1.84 bits per heavy atom. The summed E-state index contributed by atoms with van der Waals surface area (Å²) in [6.45, 7) is 9.90. The van der Waals surface area contributed by atoms with E-state index in [-0.39, 0.29) is 19.1 Å². The van der Waals surface area contributed by atoms with E-state index in [1.54, 1.807) is 6.92 Å². The van der Waals surface area contributed by atoms with E-state index in [1.165, 1.54) is 16.9 Å². The number of carbonyl (C=O) groups excluding carboxylic acids is 2. The fourth-order valence-electron chi connectivity index (χ4n) is 3.33. The van der Waals surface area contributed by atoms with Gasteiger partial charge in [0.25, 0.3) is 5.91 Å². The number of nitrogens with zero attached hydrogens (tertiary/aromatic N) is 3. The lowest BCUT2D eigenvalue weighted by molar-refractivity contribution is -0.141. The van der Waals surface area contributed by atoms with Crippen LogP contribution < -0.4 is 10.2 Å². The minimum absolute atomic E-state index is 0.167. The quantitative estimate of drug-likeness (QED) is 0.545. The Kier molecular flexibility index (Phi) is 6.90. The van der Waals surface area contributed by atoms with Crippen LogP contribution in [0.3, 0.4) is 0 Å². The van der Waals surface area contributed by atoms with E-state index in [9.17, 15) is 9.59 Å². The molecule has 0 aliphatic rings. The zero-order valence-electron chi connectivity index (χ0n) is 18.8. The molecule has 7 nitrogen and oxygen atoms in total. The van der Waals surface area contributed by atoms with Crippen LogP contribution in [0.25, 0.3) is 10.2 Å². The molecule has 8 heteroatoms. The molecule has 1 N–H and O–H groups in total. The van der Waals surface area contributed by atoms with E-state index in [0.29, 0.717) is 16.6 Å². The molecule has 31 heavy (non-hydrogen) atoms. The predicted octanol–water partition coefficient (Wildman–Crippen LogP) is 4.49. The molecule has 0 spiro atoms. The zero-order valence-corrected chi connectivity index (χ0v) is 19.6. The number of aromatic nitrogens is 2. The first-order valence-electron chi connectivity index (χ1n) is 10.3. The van der Waals surface area contributed by atoms with Crippen LogP contribution in [-0.2, 0) is 9.53 Å². The Balaban J connectivity index is 1.97. The highest BCUT2D eigenvalue weighted by Crippen LogP contribution is 2.37. The van der Waals surface area contributed by atoms with Gasteiger partial charge in [0.1, 0.15) is 23.0 Å². The summed E-state index contributed by atoms with van der Waals surface area (Å²) in [5.74, 6) is 1.06. The Hall–Kier alpha value is -3.00. The molecular formula is C23H28N4O3S. The number of ether oxygens (including phenoxy) is 1. The molecular weight excluding hydrogens is 412 g/mol. The molecule has 0 saturated heterocycles. The number of thiophene rings is 1. The second kappa shape index (κ2) is 9.43. The summed E-state index contributed by atoms with van der Waals surface area (Å²) in [7, 11) is 1.96. The van der Waals surface area contributed by atoms with Crippen molar-refractivity contribution in [3.8, 4) is 0 Å². The molecule has 2 aromatic heterocycles. The van der Waals surface area contributed by atoms with Crippen LogP contribution in [0.5, 0.6) is 0 Å². The normalized spacial score (nSPS) is 11.1. The van der Waals surface area contributed by atoms with Gasteiger partial charge in [0.2, 0.25) is 0 Å². The fraction of sp³-hybridized carbons (Fsp3) is 0.391. The van der Waals surface area contributed by atoms with Gasteiger partial charge in [-0.25, -0.2) is 9.97 Å². The molecule has 3 rings (SSSR count). The summed E-state index contributed by atoms with van der Waals surface area (Å²) >= 11 is 1.30.